The summed E-state index contributed by atoms with van der Waals surface area (Å²) in [7, 11) is 4.17. The Kier molecular flexibility index (Phi) is 5.12. The van der Waals surface area contributed by atoms with Gasteiger partial charge in [0.15, 0.2) is 0 Å². The average molecular weight is 304 g/mol. The summed E-state index contributed by atoms with van der Waals surface area (Å²) in [5.41, 5.74) is 0.882. The fourth-order valence-electron chi connectivity index (χ4n) is 3.03. The molecule has 0 aliphatic carbocycles. The van der Waals surface area contributed by atoms with E-state index in [0.29, 0.717) is 12.0 Å². The number of ether oxygens (including phenoxy) is 1. The molecule has 0 N–H and O–H groups in total. The summed E-state index contributed by atoms with van der Waals surface area (Å²) in [6.07, 6.45) is 0.790. The Morgan fingerprint density at radius 3 is 2.41 bits per heavy atom. The highest BCUT2D eigenvalue weighted by Gasteiger charge is 2.38. The highest BCUT2D eigenvalue weighted by atomic mass is 16.6. The van der Waals surface area contributed by atoms with Crippen LogP contribution >= 0.6 is 0 Å². The molecule has 122 valence electrons. The van der Waals surface area contributed by atoms with Crippen LogP contribution in [-0.2, 0) is 11.2 Å². The SMILES string of the molecule is CN(C)C1CN(C(=O)OC(C)(C)C)CC1Cc1ccccc1. The highest BCUT2D eigenvalue weighted by molar-refractivity contribution is 5.68. The van der Waals surface area contributed by atoms with Crippen LogP contribution in [0, 0.1) is 5.92 Å². The second kappa shape index (κ2) is 6.69. The predicted molar refractivity (Wildman–Crippen MR) is 88.9 cm³/mol. The first-order valence-corrected chi connectivity index (χ1v) is 7.94. The molecule has 1 aliphatic heterocycles. The number of hydrogen-bond acceptors (Lipinski definition) is 3. The van der Waals surface area contributed by atoms with Crippen molar-refractivity contribution < 1.29 is 9.53 Å². The monoisotopic (exact) mass is 304 g/mol. The van der Waals surface area contributed by atoms with E-state index in [9.17, 15) is 4.79 Å². The van der Waals surface area contributed by atoms with Gasteiger partial charge in [0, 0.05) is 19.1 Å². The lowest BCUT2D eigenvalue weighted by Gasteiger charge is -2.25. The number of likely N-dealkylation sites (tertiary alicyclic amines) is 1. The molecule has 1 amide bonds. The summed E-state index contributed by atoms with van der Waals surface area (Å²) in [5.74, 6) is 0.435. The topological polar surface area (TPSA) is 32.8 Å². The quantitative estimate of drug-likeness (QED) is 0.860. The van der Waals surface area contributed by atoms with Crippen molar-refractivity contribution in [2.45, 2.75) is 38.8 Å². The molecule has 1 aromatic rings. The van der Waals surface area contributed by atoms with Gasteiger partial charge in [0.05, 0.1) is 0 Å². The summed E-state index contributed by atoms with van der Waals surface area (Å²) in [5, 5.41) is 0. The molecule has 0 saturated carbocycles. The fraction of sp³-hybridized carbons (Fsp3) is 0.611. The molecule has 4 heteroatoms. The lowest BCUT2D eigenvalue weighted by molar-refractivity contribution is 0.0281. The van der Waals surface area contributed by atoms with E-state index in [-0.39, 0.29) is 6.09 Å². The molecule has 2 rings (SSSR count). The number of rotatable bonds is 3. The Labute approximate surface area is 134 Å². The van der Waals surface area contributed by atoms with Crippen LogP contribution in [-0.4, -0.2) is 54.7 Å². The van der Waals surface area contributed by atoms with Crippen molar-refractivity contribution in [3.8, 4) is 0 Å². The molecule has 1 heterocycles. The van der Waals surface area contributed by atoms with Crippen LogP contribution in [0.3, 0.4) is 0 Å². The predicted octanol–water partition coefficient (Wildman–Crippen LogP) is 3.03. The number of benzene rings is 1. The van der Waals surface area contributed by atoms with Gasteiger partial charge >= 0.3 is 6.09 Å². The Morgan fingerprint density at radius 2 is 1.86 bits per heavy atom. The minimum absolute atomic E-state index is 0.199. The number of carbonyl (C=O) groups excluding carboxylic acids is 1. The van der Waals surface area contributed by atoms with Gasteiger partial charge in [0.1, 0.15) is 5.60 Å². The number of nitrogens with zero attached hydrogens (tertiary/aromatic N) is 2. The minimum Gasteiger partial charge on any atom is -0.444 e. The summed E-state index contributed by atoms with van der Waals surface area (Å²) < 4.78 is 5.52. The number of amides is 1. The maximum absolute atomic E-state index is 12.3. The van der Waals surface area contributed by atoms with Gasteiger partial charge in [-0.2, -0.15) is 0 Å². The Balaban J connectivity index is 2.05. The third-order valence-corrected chi connectivity index (χ3v) is 4.06. The van der Waals surface area contributed by atoms with E-state index in [2.05, 4.69) is 43.3 Å². The summed E-state index contributed by atoms with van der Waals surface area (Å²) >= 11 is 0. The van der Waals surface area contributed by atoms with E-state index in [1.165, 1.54) is 5.56 Å². The van der Waals surface area contributed by atoms with Crippen LogP contribution in [0.1, 0.15) is 26.3 Å². The zero-order valence-corrected chi connectivity index (χ0v) is 14.4. The van der Waals surface area contributed by atoms with Gasteiger partial charge in [-0.1, -0.05) is 30.3 Å². The molecular weight excluding hydrogens is 276 g/mol. The minimum atomic E-state index is -0.442. The molecule has 1 aromatic carbocycles. The molecule has 22 heavy (non-hydrogen) atoms. The zero-order valence-electron chi connectivity index (χ0n) is 14.4. The van der Waals surface area contributed by atoms with Crippen LogP contribution in [0.15, 0.2) is 30.3 Å². The van der Waals surface area contributed by atoms with Crippen molar-refractivity contribution in [2.75, 3.05) is 27.2 Å². The maximum Gasteiger partial charge on any atom is 0.410 e. The average Bonchev–Trinajstić information content (AvgIpc) is 2.82. The molecule has 0 aromatic heterocycles. The first-order valence-electron chi connectivity index (χ1n) is 7.94. The molecule has 1 aliphatic rings. The van der Waals surface area contributed by atoms with Gasteiger partial charge in [-0.25, -0.2) is 4.79 Å². The van der Waals surface area contributed by atoms with Crippen molar-refractivity contribution in [1.82, 2.24) is 9.80 Å². The standard InChI is InChI=1S/C18H28N2O2/c1-18(2,3)22-17(21)20-12-15(16(13-20)19(4)5)11-14-9-7-6-8-10-14/h6-10,15-16H,11-13H2,1-5H3. The van der Waals surface area contributed by atoms with Crippen molar-refractivity contribution in [3.05, 3.63) is 35.9 Å². The Bertz CT molecular complexity index is 494. The zero-order chi connectivity index (χ0) is 16.3. The summed E-state index contributed by atoms with van der Waals surface area (Å²) in [6.45, 7) is 7.22. The molecule has 1 saturated heterocycles. The molecule has 0 spiro atoms. The van der Waals surface area contributed by atoms with E-state index in [0.717, 1.165) is 19.5 Å². The van der Waals surface area contributed by atoms with Crippen LogP contribution < -0.4 is 0 Å². The first kappa shape index (κ1) is 16.8. The van der Waals surface area contributed by atoms with Gasteiger partial charge in [-0.15, -0.1) is 0 Å². The largest absolute Gasteiger partial charge is 0.444 e. The summed E-state index contributed by atoms with van der Waals surface area (Å²) in [4.78, 5) is 16.4. The van der Waals surface area contributed by atoms with E-state index < -0.39 is 5.60 Å². The Hall–Kier alpha value is -1.55. The molecule has 0 radical (unpaired) electrons. The molecule has 2 atom stereocenters. The smallest absolute Gasteiger partial charge is 0.410 e. The van der Waals surface area contributed by atoms with Crippen LogP contribution in [0.4, 0.5) is 4.79 Å². The maximum atomic E-state index is 12.3. The molecule has 4 nitrogen and oxygen atoms in total. The second-order valence-electron chi connectivity index (χ2n) is 7.37. The van der Waals surface area contributed by atoms with Gasteiger partial charge in [-0.05, 0) is 52.8 Å². The lowest BCUT2D eigenvalue weighted by Crippen LogP contribution is -2.38. The molecular formula is C18H28N2O2. The fourth-order valence-corrected chi connectivity index (χ4v) is 3.03. The van der Waals surface area contributed by atoms with Crippen molar-refractivity contribution in [2.24, 2.45) is 5.92 Å². The normalized spacial score (nSPS) is 22.2. The van der Waals surface area contributed by atoms with Crippen molar-refractivity contribution >= 4 is 6.09 Å². The van der Waals surface area contributed by atoms with E-state index >= 15 is 0 Å². The van der Waals surface area contributed by atoms with E-state index in [1.807, 2.05) is 31.7 Å². The van der Waals surface area contributed by atoms with Gasteiger partial charge in [-0.3, -0.25) is 0 Å². The van der Waals surface area contributed by atoms with Crippen molar-refractivity contribution in [3.63, 3.8) is 0 Å². The van der Waals surface area contributed by atoms with Gasteiger partial charge in [0.25, 0.3) is 0 Å². The van der Waals surface area contributed by atoms with Crippen LogP contribution in [0.25, 0.3) is 0 Å². The number of likely N-dealkylation sites (N-methyl/N-ethyl adjacent to an activating group) is 1. The first-order chi connectivity index (χ1) is 10.3. The van der Waals surface area contributed by atoms with Crippen LogP contribution in [0.2, 0.25) is 0 Å². The number of hydrogen-bond donors (Lipinski definition) is 0. The molecule has 2 unspecified atom stereocenters. The van der Waals surface area contributed by atoms with Crippen molar-refractivity contribution in [1.29, 1.82) is 0 Å². The van der Waals surface area contributed by atoms with Gasteiger partial charge in [0.2, 0.25) is 0 Å². The molecule has 1 fully saturated rings. The number of carbonyl (C=O) groups is 1. The van der Waals surface area contributed by atoms with Gasteiger partial charge < -0.3 is 14.5 Å². The Morgan fingerprint density at radius 1 is 1.23 bits per heavy atom. The summed E-state index contributed by atoms with van der Waals surface area (Å²) in [6, 6.07) is 10.9. The third kappa shape index (κ3) is 4.47. The second-order valence-corrected chi connectivity index (χ2v) is 7.37. The van der Waals surface area contributed by atoms with Crippen LogP contribution in [0.5, 0.6) is 0 Å². The lowest BCUT2D eigenvalue weighted by atomic mass is 9.94. The van der Waals surface area contributed by atoms with E-state index in [1.54, 1.807) is 0 Å². The highest BCUT2D eigenvalue weighted by Crippen LogP contribution is 2.26. The van der Waals surface area contributed by atoms with E-state index in [4.69, 9.17) is 4.74 Å². The third-order valence-electron chi connectivity index (χ3n) is 4.06. The molecule has 0 bridgehead atoms.